The minimum absolute atomic E-state index is 0.0106. The third kappa shape index (κ3) is 5.73. The summed E-state index contributed by atoms with van der Waals surface area (Å²) in [5, 5.41) is 2.86. The van der Waals surface area contributed by atoms with Crippen LogP contribution in [0.3, 0.4) is 0 Å². The standard InChI is InChI=1S/C18H23N5O/c19-11-1-2-17(24)22-15-7-3-13(4-8-15)12-14-5-9-16(10-6-14)23-18(20)21/h3-10H,1-2,11-12,19H2,(H,22,24)(H4,20,21,23). The highest BCUT2D eigenvalue weighted by atomic mass is 16.1. The van der Waals surface area contributed by atoms with Gasteiger partial charge in [-0.15, -0.1) is 0 Å². The molecule has 0 fully saturated rings. The number of nitrogens with one attached hydrogen (secondary N) is 1. The summed E-state index contributed by atoms with van der Waals surface area (Å²) < 4.78 is 0. The zero-order chi connectivity index (χ0) is 17.4. The number of aliphatic imine (C=N–C) groups is 1. The Morgan fingerprint density at radius 2 is 1.54 bits per heavy atom. The Hall–Kier alpha value is -2.86. The van der Waals surface area contributed by atoms with E-state index in [2.05, 4.69) is 10.3 Å². The van der Waals surface area contributed by atoms with Gasteiger partial charge < -0.3 is 22.5 Å². The second-order valence-electron chi connectivity index (χ2n) is 5.52. The van der Waals surface area contributed by atoms with Crippen LogP contribution in [0.1, 0.15) is 24.0 Å². The zero-order valence-corrected chi connectivity index (χ0v) is 13.5. The third-order valence-corrected chi connectivity index (χ3v) is 3.45. The second kappa shape index (κ2) is 8.69. The van der Waals surface area contributed by atoms with Crippen molar-refractivity contribution in [1.82, 2.24) is 0 Å². The smallest absolute Gasteiger partial charge is 0.224 e. The summed E-state index contributed by atoms with van der Waals surface area (Å²) in [6, 6.07) is 15.6. The van der Waals surface area contributed by atoms with Crippen molar-refractivity contribution in [2.45, 2.75) is 19.3 Å². The summed E-state index contributed by atoms with van der Waals surface area (Å²) in [5.41, 5.74) is 19.9. The maximum absolute atomic E-state index is 11.7. The number of nitrogens with two attached hydrogens (primary N) is 3. The molecule has 2 rings (SSSR count). The van der Waals surface area contributed by atoms with Crippen LogP contribution >= 0.6 is 0 Å². The molecular formula is C18H23N5O. The van der Waals surface area contributed by atoms with Crippen molar-refractivity contribution >= 4 is 23.2 Å². The number of anilines is 1. The van der Waals surface area contributed by atoms with Crippen molar-refractivity contribution in [2.24, 2.45) is 22.2 Å². The predicted molar refractivity (Wildman–Crippen MR) is 98.1 cm³/mol. The topological polar surface area (TPSA) is 120 Å². The van der Waals surface area contributed by atoms with Crippen LogP contribution in [0.2, 0.25) is 0 Å². The molecule has 0 aliphatic heterocycles. The molecule has 0 saturated heterocycles. The van der Waals surface area contributed by atoms with Crippen LogP contribution in [0.4, 0.5) is 11.4 Å². The minimum Gasteiger partial charge on any atom is -0.370 e. The summed E-state index contributed by atoms with van der Waals surface area (Å²) in [5.74, 6) is 0.0374. The average Bonchev–Trinajstić information content (AvgIpc) is 2.56. The number of nitrogens with zero attached hydrogens (tertiary/aromatic N) is 1. The number of hydrogen-bond donors (Lipinski definition) is 4. The van der Waals surface area contributed by atoms with Crippen molar-refractivity contribution in [2.75, 3.05) is 11.9 Å². The van der Waals surface area contributed by atoms with Gasteiger partial charge in [-0.3, -0.25) is 4.79 Å². The van der Waals surface area contributed by atoms with Gasteiger partial charge in [0.05, 0.1) is 5.69 Å². The van der Waals surface area contributed by atoms with E-state index in [0.29, 0.717) is 19.4 Å². The largest absolute Gasteiger partial charge is 0.370 e. The first-order valence-electron chi connectivity index (χ1n) is 7.84. The van der Waals surface area contributed by atoms with Crippen LogP contribution in [0.15, 0.2) is 53.5 Å². The third-order valence-electron chi connectivity index (χ3n) is 3.45. The van der Waals surface area contributed by atoms with E-state index in [4.69, 9.17) is 17.2 Å². The number of benzene rings is 2. The molecule has 0 heterocycles. The fourth-order valence-corrected chi connectivity index (χ4v) is 2.27. The SMILES string of the molecule is NCCCC(=O)Nc1ccc(Cc2ccc(N=C(N)N)cc2)cc1. The molecule has 0 unspecified atom stereocenters. The van der Waals surface area contributed by atoms with Gasteiger partial charge in [-0.05, 0) is 54.8 Å². The van der Waals surface area contributed by atoms with E-state index >= 15 is 0 Å². The Morgan fingerprint density at radius 3 is 2.08 bits per heavy atom. The number of carbonyl (C=O) groups is 1. The minimum atomic E-state index is -0.0106. The lowest BCUT2D eigenvalue weighted by atomic mass is 10.0. The number of amides is 1. The summed E-state index contributed by atoms with van der Waals surface area (Å²) >= 11 is 0. The molecule has 0 radical (unpaired) electrons. The van der Waals surface area contributed by atoms with Crippen LogP contribution in [0.5, 0.6) is 0 Å². The lowest BCUT2D eigenvalue weighted by Gasteiger charge is -2.07. The van der Waals surface area contributed by atoms with Crippen molar-refractivity contribution in [3.63, 3.8) is 0 Å². The number of carbonyl (C=O) groups excluding carboxylic acids is 1. The molecule has 0 spiro atoms. The Balaban J connectivity index is 1.94. The summed E-state index contributed by atoms with van der Waals surface area (Å²) in [4.78, 5) is 15.7. The molecule has 0 bridgehead atoms. The second-order valence-corrected chi connectivity index (χ2v) is 5.52. The first-order valence-corrected chi connectivity index (χ1v) is 7.84. The van der Waals surface area contributed by atoms with Gasteiger partial charge in [-0.1, -0.05) is 24.3 Å². The fourth-order valence-electron chi connectivity index (χ4n) is 2.27. The summed E-state index contributed by atoms with van der Waals surface area (Å²) in [6.45, 7) is 0.522. The molecule has 0 aromatic heterocycles. The molecule has 6 nitrogen and oxygen atoms in total. The maximum atomic E-state index is 11.7. The van der Waals surface area contributed by atoms with Gasteiger partial charge in [-0.25, -0.2) is 4.99 Å². The van der Waals surface area contributed by atoms with Crippen molar-refractivity contribution in [3.8, 4) is 0 Å². The van der Waals surface area contributed by atoms with Crippen LogP contribution in [-0.2, 0) is 11.2 Å². The van der Waals surface area contributed by atoms with Crippen LogP contribution in [-0.4, -0.2) is 18.4 Å². The van der Waals surface area contributed by atoms with Gasteiger partial charge in [0.25, 0.3) is 0 Å². The zero-order valence-electron chi connectivity index (χ0n) is 13.5. The molecule has 0 atom stereocenters. The monoisotopic (exact) mass is 325 g/mol. The summed E-state index contributed by atoms with van der Waals surface area (Å²) in [6.07, 6.45) is 1.93. The first-order chi connectivity index (χ1) is 11.6. The summed E-state index contributed by atoms with van der Waals surface area (Å²) in [7, 11) is 0. The molecule has 126 valence electrons. The van der Waals surface area contributed by atoms with Gasteiger partial charge >= 0.3 is 0 Å². The Morgan fingerprint density at radius 1 is 0.958 bits per heavy atom. The number of rotatable bonds is 7. The Kier molecular flexibility index (Phi) is 6.33. The van der Waals surface area contributed by atoms with Crippen molar-refractivity contribution < 1.29 is 4.79 Å². The highest BCUT2D eigenvalue weighted by Crippen LogP contribution is 2.17. The van der Waals surface area contributed by atoms with Crippen LogP contribution in [0.25, 0.3) is 0 Å². The van der Waals surface area contributed by atoms with Gasteiger partial charge in [0, 0.05) is 12.1 Å². The molecular weight excluding hydrogens is 302 g/mol. The lowest BCUT2D eigenvalue weighted by molar-refractivity contribution is -0.116. The highest BCUT2D eigenvalue weighted by Gasteiger charge is 2.02. The quantitative estimate of drug-likeness (QED) is 0.459. The molecule has 6 heteroatoms. The van der Waals surface area contributed by atoms with Crippen molar-refractivity contribution in [3.05, 3.63) is 59.7 Å². The van der Waals surface area contributed by atoms with Crippen molar-refractivity contribution in [1.29, 1.82) is 0 Å². The van der Waals surface area contributed by atoms with E-state index in [9.17, 15) is 4.79 Å². The normalized spacial score (nSPS) is 10.2. The molecule has 24 heavy (non-hydrogen) atoms. The van der Waals surface area contributed by atoms with E-state index in [0.717, 1.165) is 28.9 Å². The average molecular weight is 325 g/mol. The van der Waals surface area contributed by atoms with Crippen LogP contribution < -0.4 is 22.5 Å². The Labute approximate surface area is 141 Å². The van der Waals surface area contributed by atoms with E-state index in [-0.39, 0.29) is 11.9 Å². The van der Waals surface area contributed by atoms with E-state index in [1.807, 2.05) is 48.5 Å². The van der Waals surface area contributed by atoms with Gasteiger partial charge in [-0.2, -0.15) is 0 Å². The molecule has 1 amide bonds. The molecule has 0 aliphatic rings. The highest BCUT2D eigenvalue weighted by molar-refractivity contribution is 5.90. The molecule has 0 saturated carbocycles. The van der Waals surface area contributed by atoms with E-state index in [1.54, 1.807) is 0 Å². The van der Waals surface area contributed by atoms with Crippen LogP contribution in [0, 0.1) is 0 Å². The Bertz CT molecular complexity index is 688. The van der Waals surface area contributed by atoms with Gasteiger partial charge in [0.2, 0.25) is 5.91 Å². The molecule has 2 aromatic rings. The van der Waals surface area contributed by atoms with Gasteiger partial charge in [0.15, 0.2) is 5.96 Å². The number of hydrogen-bond acceptors (Lipinski definition) is 3. The molecule has 2 aromatic carbocycles. The molecule has 0 aliphatic carbocycles. The molecule has 7 N–H and O–H groups in total. The maximum Gasteiger partial charge on any atom is 0.224 e. The fraction of sp³-hybridized carbons (Fsp3) is 0.222. The predicted octanol–water partition coefficient (Wildman–Crippen LogP) is 1.86. The number of guanidine groups is 1. The van der Waals surface area contributed by atoms with Gasteiger partial charge in [0.1, 0.15) is 0 Å². The first kappa shape index (κ1) is 17.5. The van der Waals surface area contributed by atoms with E-state index < -0.39 is 0 Å². The van der Waals surface area contributed by atoms with E-state index in [1.165, 1.54) is 0 Å². The lowest BCUT2D eigenvalue weighted by Crippen LogP contribution is -2.21.